The number of nitrogens with one attached hydrogen (secondary N) is 1. The van der Waals surface area contributed by atoms with Gasteiger partial charge in [0.05, 0.1) is 10.4 Å². The summed E-state index contributed by atoms with van der Waals surface area (Å²) in [5.41, 5.74) is 0.283. The molecule has 0 unspecified atom stereocenters. The van der Waals surface area contributed by atoms with Crippen molar-refractivity contribution in [1.29, 1.82) is 0 Å². The molecule has 25 heavy (non-hydrogen) atoms. The maximum Gasteiger partial charge on any atom is 0.257 e. The predicted molar refractivity (Wildman–Crippen MR) is 88.9 cm³/mol. The van der Waals surface area contributed by atoms with Gasteiger partial charge in [0.1, 0.15) is 5.82 Å². The van der Waals surface area contributed by atoms with E-state index >= 15 is 0 Å². The van der Waals surface area contributed by atoms with Crippen LogP contribution in [0, 0.1) is 11.6 Å². The Morgan fingerprint density at radius 1 is 1.20 bits per heavy atom. The number of halogens is 2. The Kier molecular flexibility index (Phi) is 4.53. The quantitative estimate of drug-likeness (QED) is 0.693. The van der Waals surface area contributed by atoms with E-state index in [1.165, 1.54) is 18.3 Å². The van der Waals surface area contributed by atoms with Gasteiger partial charge >= 0.3 is 0 Å². The molecule has 0 aliphatic heterocycles. The summed E-state index contributed by atoms with van der Waals surface area (Å²) < 4.78 is 26.5. The lowest BCUT2D eigenvalue weighted by molar-refractivity contribution is 0.102. The smallest absolute Gasteiger partial charge is 0.257 e. The molecule has 0 spiro atoms. The van der Waals surface area contributed by atoms with Gasteiger partial charge in [-0.2, -0.15) is 0 Å². The number of anilines is 1. The molecule has 5 nitrogen and oxygen atoms in total. The Hall–Kier alpha value is -3.13. The van der Waals surface area contributed by atoms with E-state index in [2.05, 4.69) is 10.3 Å². The van der Waals surface area contributed by atoms with Crippen LogP contribution in [0.2, 0.25) is 0 Å². The standard InChI is InChI=1S/C17H10F2N2O3S/c18-12-3-1-9(2-4-12)14-7-20-17(25-14)21-16(24)10-5-11(8-22)15(23)13(19)6-10/h1-8,23H,(H,20,21,24). The number of aldehydes is 1. The van der Waals surface area contributed by atoms with Gasteiger partial charge in [0, 0.05) is 11.8 Å². The summed E-state index contributed by atoms with van der Waals surface area (Å²) in [6, 6.07) is 7.70. The van der Waals surface area contributed by atoms with E-state index < -0.39 is 17.5 Å². The molecule has 0 bridgehead atoms. The molecular weight excluding hydrogens is 350 g/mol. The van der Waals surface area contributed by atoms with Gasteiger partial charge < -0.3 is 5.11 Å². The minimum absolute atomic E-state index is 0.129. The van der Waals surface area contributed by atoms with Crippen molar-refractivity contribution in [3.63, 3.8) is 0 Å². The lowest BCUT2D eigenvalue weighted by Gasteiger charge is -2.05. The number of benzene rings is 2. The van der Waals surface area contributed by atoms with Crippen LogP contribution >= 0.6 is 11.3 Å². The van der Waals surface area contributed by atoms with Gasteiger partial charge in [-0.25, -0.2) is 13.8 Å². The van der Waals surface area contributed by atoms with Crippen molar-refractivity contribution >= 4 is 28.7 Å². The van der Waals surface area contributed by atoms with Gasteiger partial charge in [0.25, 0.3) is 5.91 Å². The lowest BCUT2D eigenvalue weighted by atomic mass is 10.1. The topological polar surface area (TPSA) is 79.3 Å². The number of nitrogens with zero attached hydrogens (tertiary/aromatic N) is 1. The van der Waals surface area contributed by atoms with Crippen LogP contribution in [0.4, 0.5) is 13.9 Å². The number of amides is 1. The number of rotatable bonds is 4. The molecule has 2 N–H and O–H groups in total. The highest BCUT2D eigenvalue weighted by Gasteiger charge is 2.15. The fourth-order valence-corrected chi connectivity index (χ4v) is 2.91. The summed E-state index contributed by atoms with van der Waals surface area (Å²) >= 11 is 1.15. The Labute approximate surface area is 144 Å². The number of thiazole rings is 1. The number of hydrogen-bond acceptors (Lipinski definition) is 5. The zero-order valence-corrected chi connectivity index (χ0v) is 13.3. The van der Waals surface area contributed by atoms with Crippen molar-refractivity contribution in [2.45, 2.75) is 0 Å². The second-order valence-corrected chi connectivity index (χ2v) is 6.04. The van der Waals surface area contributed by atoms with E-state index in [1.807, 2.05) is 0 Å². The lowest BCUT2D eigenvalue weighted by Crippen LogP contribution is -2.12. The Morgan fingerprint density at radius 2 is 1.92 bits per heavy atom. The minimum Gasteiger partial charge on any atom is -0.504 e. The van der Waals surface area contributed by atoms with E-state index in [1.54, 1.807) is 12.1 Å². The molecule has 0 saturated heterocycles. The van der Waals surface area contributed by atoms with Crippen molar-refractivity contribution in [1.82, 2.24) is 4.98 Å². The monoisotopic (exact) mass is 360 g/mol. The third-order valence-corrected chi connectivity index (χ3v) is 4.30. The zero-order valence-electron chi connectivity index (χ0n) is 12.5. The van der Waals surface area contributed by atoms with E-state index in [-0.39, 0.29) is 28.4 Å². The number of aromatic nitrogens is 1. The van der Waals surface area contributed by atoms with Gasteiger partial charge in [-0.1, -0.05) is 23.5 Å². The normalized spacial score (nSPS) is 10.5. The molecule has 2 aromatic carbocycles. The van der Waals surface area contributed by atoms with Crippen LogP contribution in [-0.4, -0.2) is 22.3 Å². The highest BCUT2D eigenvalue weighted by atomic mass is 32.1. The molecule has 3 aromatic rings. The van der Waals surface area contributed by atoms with Crippen molar-refractivity contribution in [2.24, 2.45) is 0 Å². The highest BCUT2D eigenvalue weighted by Crippen LogP contribution is 2.29. The van der Waals surface area contributed by atoms with Crippen molar-refractivity contribution < 1.29 is 23.5 Å². The van der Waals surface area contributed by atoms with Crippen LogP contribution in [0.3, 0.4) is 0 Å². The average Bonchev–Trinajstić information content (AvgIpc) is 3.06. The Balaban J connectivity index is 1.81. The third-order valence-electron chi connectivity index (χ3n) is 3.34. The number of phenolic OH excluding ortho intramolecular Hbond substituents is 1. The number of hydrogen-bond donors (Lipinski definition) is 2. The van der Waals surface area contributed by atoms with E-state index in [0.717, 1.165) is 29.0 Å². The van der Waals surface area contributed by atoms with E-state index in [9.17, 15) is 23.5 Å². The van der Waals surface area contributed by atoms with E-state index in [4.69, 9.17) is 0 Å². The molecule has 3 rings (SSSR count). The summed E-state index contributed by atoms with van der Waals surface area (Å²) in [5, 5.41) is 12.1. The first kappa shape index (κ1) is 16.7. The molecule has 1 heterocycles. The molecule has 0 fully saturated rings. The van der Waals surface area contributed by atoms with Crippen LogP contribution in [0.25, 0.3) is 10.4 Å². The molecular formula is C17H10F2N2O3S. The number of carbonyl (C=O) groups excluding carboxylic acids is 2. The summed E-state index contributed by atoms with van der Waals surface area (Å²) in [5.74, 6) is -2.91. The first-order valence-electron chi connectivity index (χ1n) is 6.98. The minimum atomic E-state index is -1.07. The van der Waals surface area contributed by atoms with Crippen molar-refractivity contribution in [3.8, 4) is 16.2 Å². The number of carbonyl (C=O) groups is 2. The molecule has 0 aliphatic carbocycles. The second kappa shape index (κ2) is 6.78. The molecule has 0 aliphatic rings. The number of phenols is 1. The largest absolute Gasteiger partial charge is 0.504 e. The van der Waals surface area contributed by atoms with Gasteiger partial charge in [0.15, 0.2) is 23.0 Å². The average molecular weight is 360 g/mol. The maximum absolute atomic E-state index is 13.6. The van der Waals surface area contributed by atoms with E-state index in [0.29, 0.717) is 4.88 Å². The van der Waals surface area contributed by atoms with Crippen LogP contribution in [0.5, 0.6) is 5.75 Å². The van der Waals surface area contributed by atoms with Crippen LogP contribution < -0.4 is 5.32 Å². The van der Waals surface area contributed by atoms with Gasteiger partial charge in [0.2, 0.25) is 0 Å². The zero-order chi connectivity index (χ0) is 18.0. The predicted octanol–water partition coefficient (Wildman–Crippen LogP) is 3.86. The number of aromatic hydroxyl groups is 1. The Morgan fingerprint density at radius 3 is 2.60 bits per heavy atom. The van der Waals surface area contributed by atoms with Crippen LogP contribution in [0.15, 0.2) is 42.6 Å². The first-order valence-corrected chi connectivity index (χ1v) is 7.80. The molecule has 1 aromatic heterocycles. The summed E-state index contributed by atoms with van der Waals surface area (Å²) in [4.78, 5) is 27.7. The van der Waals surface area contributed by atoms with Gasteiger partial charge in [-0.15, -0.1) is 0 Å². The second-order valence-electron chi connectivity index (χ2n) is 5.00. The molecule has 126 valence electrons. The molecule has 0 saturated carbocycles. The maximum atomic E-state index is 13.6. The molecule has 0 atom stereocenters. The van der Waals surface area contributed by atoms with Gasteiger partial charge in [-0.3, -0.25) is 14.9 Å². The SMILES string of the molecule is O=Cc1cc(C(=O)Nc2ncc(-c3ccc(F)cc3)s2)cc(F)c1O. The summed E-state index contributed by atoms with van der Waals surface area (Å²) in [7, 11) is 0. The van der Waals surface area contributed by atoms with Crippen molar-refractivity contribution in [3.05, 3.63) is 65.4 Å². The summed E-state index contributed by atoms with van der Waals surface area (Å²) in [6.07, 6.45) is 1.77. The molecule has 1 amide bonds. The highest BCUT2D eigenvalue weighted by molar-refractivity contribution is 7.19. The van der Waals surface area contributed by atoms with Gasteiger partial charge in [-0.05, 0) is 29.8 Å². The molecule has 0 radical (unpaired) electrons. The first-order chi connectivity index (χ1) is 12.0. The van der Waals surface area contributed by atoms with Crippen molar-refractivity contribution in [2.75, 3.05) is 5.32 Å². The summed E-state index contributed by atoms with van der Waals surface area (Å²) in [6.45, 7) is 0. The fraction of sp³-hybridized carbons (Fsp3) is 0. The molecule has 8 heteroatoms. The van der Waals surface area contributed by atoms with Crippen LogP contribution in [-0.2, 0) is 0 Å². The van der Waals surface area contributed by atoms with Crippen LogP contribution in [0.1, 0.15) is 20.7 Å². The fourth-order valence-electron chi connectivity index (χ4n) is 2.09. The third kappa shape index (κ3) is 3.53. The Bertz CT molecular complexity index is 955.